The SMILES string of the molecule is ClCC1CCN(C2CCCC2)C1. The van der Waals surface area contributed by atoms with Crippen molar-refractivity contribution in [1.82, 2.24) is 4.90 Å². The Hall–Kier alpha value is 0.250. The normalized spacial score (nSPS) is 33.2. The molecule has 0 aromatic heterocycles. The topological polar surface area (TPSA) is 3.24 Å². The maximum absolute atomic E-state index is 5.85. The number of likely N-dealkylation sites (tertiary alicyclic amines) is 1. The summed E-state index contributed by atoms with van der Waals surface area (Å²) in [7, 11) is 0. The van der Waals surface area contributed by atoms with Crippen LogP contribution < -0.4 is 0 Å². The fourth-order valence-corrected chi connectivity index (χ4v) is 2.84. The molecule has 1 atom stereocenters. The standard InChI is InChI=1S/C10H18ClN/c11-7-9-5-6-12(8-9)10-3-1-2-4-10/h9-10H,1-8H2. The molecule has 0 spiro atoms. The van der Waals surface area contributed by atoms with Gasteiger partial charge in [-0.25, -0.2) is 0 Å². The molecular weight excluding hydrogens is 170 g/mol. The average Bonchev–Trinajstić information content (AvgIpc) is 2.75. The van der Waals surface area contributed by atoms with Crippen LogP contribution in [0.5, 0.6) is 0 Å². The van der Waals surface area contributed by atoms with Gasteiger partial charge in [0.2, 0.25) is 0 Å². The summed E-state index contributed by atoms with van der Waals surface area (Å²) < 4.78 is 0. The van der Waals surface area contributed by atoms with Crippen LogP contribution in [-0.4, -0.2) is 29.9 Å². The maximum atomic E-state index is 5.85. The Morgan fingerprint density at radius 1 is 1.17 bits per heavy atom. The van der Waals surface area contributed by atoms with E-state index < -0.39 is 0 Å². The summed E-state index contributed by atoms with van der Waals surface area (Å²) in [6.07, 6.45) is 7.11. The average molecular weight is 188 g/mol. The zero-order valence-corrected chi connectivity index (χ0v) is 8.39. The molecule has 0 aromatic carbocycles. The Morgan fingerprint density at radius 3 is 2.50 bits per heavy atom. The van der Waals surface area contributed by atoms with E-state index in [2.05, 4.69) is 4.90 Å². The van der Waals surface area contributed by atoms with Gasteiger partial charge < -0.3 is 4.90 Å². The number of hydrogen-bond donors (Lipinski definition) is 0. The lowest BCUT2D eigenvalue weighted by atomic mass is 10.1. The van der Waals surface area contributed by atoms with Gasteiger partial charge in [0, 0.05) is 18.5 Å². The second kappa shape index (κ2) is 3.97. The Kier molecular flexibility index (Phi) is 2.92. The highest BCUT2D eigenvalue weighted by molar-refractivity contribution is 6.18. The quantitative estimate of drug-likeness (QED) is 0.601. The van der Waals surface area contributed by atoms with E-state index in [0.717, 1.165) is 17.8 Å². The molecule has 0 bridgehead atoms. The van der Waals surface area contributed by atoms with Gasteiger partial charge in [0.25, 0.3) is 0 Å². The van der Waals surface area contributed by atoms with Crippen LogP contribution in [0, 0.1) is 5.92 Å². The van der Waals surface area contributed by atoms with Crippen LogP contribution in [0.3, 0.4) is 0 Å². The first-order chi connectivity index (χ1) is 5.90. The molecule has 2 fully saturated rings. The molecule has 1 saturated carbocycles. The molecule has 0 amide bonds. The van der Waals surface area contributed by atoms with E-state index >= 15 is 0 Å². The Labute approximate surface area is 80.1 Å². The van der Waals surface area contributed by atoms with Crippen molar-refractivity contribution in [2.45, 2.75) is 38.1 Å². The summed E-state index contributed by atoms with van der Waals surface area (Å²) in [6.45, 7) is 2.58. The minimum atomic E-state index is 0.785. The summed E-state index contributed by atoms with van der Waals surface area (Å²) in [6, 6.07) is 0.915. The Bertz CT molecular complexity index is 143. The first-order valence-corrected chi connectivity index (χ1v) is 5.73. The van der Waals surface area contributed by atoms with Gasteiger partial charge in [-0.15, -0.1) is 11.6 Å². The molecule has 1 nitrogen and oxygen atoms in total. The van der Waals surface area contributed by atoms with Gasteiger partial charge in [0.15, 0.2) is 0 Å². The highest BCUT2D eigenvalue weighted by Gasteiger charge is 2.29. The molecule has 1 aliphatic carbocycles. The summed E-state index contributed by atoms with van der Waals surface area (Å²) in [4.78, 5) is 2.67. The molecule has 2 aliphatic rings. The van der Waals surface area contributed by atoms with E-state index in [0.29, 0.717) is 0 Å². The van der Waals surface area contributed by atoms with Crippen molar-refractivity contribution in [2.75, 3.05) is 19.0 Å². The molecule has 0 radical (unpaired) electrons. The van der Waals surface area contributed by atoms with E-state index in [9.17, 15) is 0 Å². The van der Waals surface area contributed by atoms with Crippen LogP contribution in [0.15, 0.2) is 0 Å². The fourth-order valence-electron chi connectivity index (χ4n) is 2.59. The highest BCUT2D eigenvalue weighted by Crippen LogP contribution is 2.28. The lowest BCUT2D eigenvalue weighted by molar-refractivity contribution is 0.239. The molecule has 70 valence electrons. The first kappa shape index (κ1) is 8.83. The van der Waals surface area contributed by atoms with Gasteiger partial charge in [0.1, 0.15) is 0 Å². The van der Waals surface area contributed by atoms with E-state index in [1.165, 1.54) is 45.2 Å². The van der Waals surface area contributed by atoms with Crippen LogP contribution >= 0.6 is 11.6 Å². The third-order valence-corrected chi connectivity index (χ3v) is 3.81. The van der Waals surface area contributed by atoms with E-state index in [1.807, 2.05) is 0 Å². The van der Waals surface area contributed by atoms with Gasteiger partial charge in [-0.2, -0.15) is 0 Å². The van der Waals surface area contributed by atoms with Gasteiger partial charge in [-0.1, -0.05) is 12.8 Å². The monoisotopic (exact) mass is 187 g/mol. The summed E-state index contributed by atoms with van der Waals surface area (Å²) >= 11 is 5.85. The number of hydrogen-bond acceptors (Lipinski definition) is 1. The van der Waals surface area contributed by atoms with Crippen LogP contribution in [0.25, 0.3) is 0 Å². The van der Waals surface area contributed by atoms with Gasteiger partial charge in [-0.05, 0) is 31.7 Å². The van der Waals surface area contributed by atoms with Crippen LogP contribution in [0.4, 0.5) is 0 Å². The number of halogens is 1. The summed E-state index contributed by atoms with van der Waals surface area (Å²) in [5.74, 6) is 1.65. The van der Waals surface area contributed by atoms with E-state index in [-0.39, 0.29) is 0 Å². The Morgan fingerprint density at radius 2 is 1.92 bits per heavy atom. The number of nitrogens with zero attached hydrogens (tertiary/aromatic N) is 1. The van der Waals surface area contributed by atoms with Crippen molar-refractivity contribution in [3.05, 3.63) is 0 Å². The molecule has 1 unspecified atom stereocenters. The van der Waals surface area contributed by atoms with Gasteiger partial charge >= 0.3 is 0 Å². The minimum absolute atomic E-state index is 0.785. The zero-order valence-electron chi connectivity index (χ0n) is 7.64. The third kappa shape index (κ3) is 1.77. The van der Waals surface area contributed by atoms with Crippen molar-refractivity contribution in [3.8, 4) is 0 Å². The van der Waals surface area contributed by atoms with Crippen LogP contribution in [0.1, 0.15) is 32.1 Å². The molecule has 1 saturated heterocycles. The lowest BCUT2D eigenvalue weighted by Gasteiger charge is -2.23. The van der Waals surface area contributed by atoms with Gasteiger partial charge in [0.05, 0.1) is 0 Å². The molecule has 0 N–H and O–H groups in total. The molecule has 1 aliphatic heterocycles. The highest BCUT2D eigenvalue weighted by atomic mass is 35.5. The van der Waals surface area contributed by atoms with Crippen molar-refractivity contribution >= 4 is 11.6 Å². The molecule has 2 rings (SSSR count). The Balaban J connectivity index is 1.81. The zero-order chi connectivity index (χ0) is 8.39. The van der Waals surface area contributed by atoms with Crippen molar-refractivity contribution in [1.29, 1.82) is 0 Å². The number of rotatable bonds is 2. The predicted octanol–water partition coefficient (Wildman–Crippen LogP) is 2.49. The second-order valence-electron chi connectivity index (χ2n) is 4.24. The van der Waals surface area contributed by atoms with Gasteiger partial charge in [-0.3, -0.25) is 0 Å². The molecule has 12 heavy (non-hydrogen) atoms. The van der Waals surface area contributed by atoms with Crippen molar-refractivity contribution in [3.63, 3.8) is 0 Å². The second-order valence-corrected chi connectivity index (χ2v) is 4.55. The van der Waals surface area contributed by atoms with E-state index in [4.69, 9.17) is 11.6 Å². The van der Waals surface area contributed by atoms with Crippen LogP contribution in [0.2, 0.25) is 0 Å². The molecular formula is C10H18ClN. The maximum Gasteiger partial charge on any atom is 0.0264 e. The predicted molar refractivity (Wildman–Crippen MR) is 52.7 cm³/mol. The molecule has 0 aromatic rings. The molecule has 1 heterocycles. The minimum Gasteiger partial charge on any atom is -0.300 e. The van der Waals surface area contributed by atoms with Crippen LogP contribution in [-0.2, 0) is 0 Å². The summed E-state index contributed by atoms with van der Waals surface area (Å²) in [5.41, 5.74) is 0. The van der Waals surface area contributed by atoms with Crippen molar-refractivity contribution < 1.29 is 0 Å². The lowest BCUT2D eigenvalue weighted by Crippen LogP contribution is -2.31. The summed E-state index contributed by atoms with van der Waals surface area (Å²) in [5, 5.41) is 0. The number of alkyl halides is 1. The van der Waals surface area contributed by atoms with Crippen molar-refractivity contribution in [2.24, 2.45) is 5.92 Å². The largest absolute Gasteiger partial charge is 0.300 e. The molecule has 2 heteroatoms. The van der Waals surface area contributed by atoms with E-state index in [1.54, 1.807) is 0 Å². The fraction of sp³-hybridized carbons (Fsp3) is 1.00. The first-order valence-electron chi connectivity index (χ1n) is 5.20. The third-order valence-electron chi connectivity index (χ3n) is 3.38. The smallest absolute Gasteiger partial charge is 0.0264 e.